The van der Waals surface area contributed by atoms with Crippen molar-refractivity contribution in [3.8, 4) is 0 Å². The van der Waals surface area contributed by atoms with Gasteiger partial charge in [-0.1, -0.05) is 38.8 Å². The van der Waals surface area contributed by atoms with Gasteiger partial charge in [-0.25, -0.2) is 9.38 Å². The molecule has 0 N–H and O–H groups in total. The topological polar surface area (TPSA) is 39.3 Å². The van der Waals surface area contributed by atoms with E-state index in [0.29, 0.717) is 0 Å². The Hall–Kier alpha value is -2.10. The molecule has 110 valence electrons. The van der Waals surface area contributed by atoms with Crippen LogP contribution in [0.2, 0.25) is 0 Å². The van der Waals surface area contributed by atoms with Gasteiger partial charge in [-0.2, -0.15) is 0 Å². The molecule has 0 saturated carbocycles. The van der Waals surface area contributed by atoms with Gasteiger partial charge in [-0.3, -0.25) is 4.79 Å². The molecule has 0 unspecified atom stereocenters. The average Bonchev–Trinajstić information content (AvgIpc) is 2.79. The van der Waals surface area contributed by atoms with Crippen molar-refractivity contribution in [1.82, 2.24) is 14.0 Å². The molecule has 3 rings (SSSR count). The lowest BCUT2D eigenvalue weighted by atomic mass is 10.2. The minimum atomic E-state index is 0.0231. The fourth-order valence-electron chi connectivity index (χ4n) is 2.83. The summed E-state index contributed by atoms with van der Waals surface area (Å²) in [6.45, 7) is 5.18. The van der Waals surface area contributed by atoms with Crippen molar-refractivity contribution < 1.29 is 0 Å². The lowest BCUT2D eigenvalue weighted by molar-refractivity contribution is 0.653. The zero-order valence-electron chi connectivity index (χ0n) is 12.7. The Kier molecular flexibility index (Phi) is 3.78. The van der Waals surface area contributed by atoms with Crippen LogP contribution in [0.3, 0.4) is 0 Å². The van der Waals surface area contributed by atoms with Crippen LogP contribution in [0, 0.1) is 0 Å². The second-order valence-electron chi connectivity index (χ2n) is 5.47. The van der Waals surface area contributed by atoms with Crippen LogP contribution < -0.4 is 5.56 Å². The molecule has 0 fully saturated rings. The van der Waals surface area contributed by atoms with Crippen molar-refractivity contribution in [2.75, 3.05) is 0 Å². The summed E-state index contributed by atoms with van der Waals surface area (Å²) < 4.78 is 3.92. The van der Waals surface area contributed by atoms with Crippen LogP contribution in [0.4, 0.5) is 0 Å². The number of hydrogen-bond acceptors (Lipinski definition) is 2. The Morgan fingerprint density at radius 3 is 2.57 bits per heavy atom. The fourth-order valence-corrected chi connectivity index (χ4v) is 2.83. The number of benzene rings is 1. The van der Waals surface area contributed by atoms with Gasteiger partial charge in [0.2, 0.25) is 5.78 Å². The van der Waals surface area contributed by atoms with E-state index in [4.69, 9.17) is 4.98 Å². The average molecular weight is 283 g/mol. The molecule has 0 aliphatic heterocycles. The van der Waals surface area contributed by atoms with Crippen molar-refractivity contribution in [3.05, 3.63) is 46.4 Å². The highest BCUT2D eigenvalue weighted by Gasteiger charge is 2.13. The smallest absolute Gasteiger partial charge is 0.259 e. The Morgan fingerprint density at radius 1 is 1.10 bits per heavy atom. The van der Waals surface area contributed by atoms with Crippen LogP contribution in [-0.4, -0.2) is 14.0 Å². The lowest BCUT2D eigenvalue weighted by Crippen LogP contribution is -2.15. The van der Waals surface area contributed by atoms with Crippen LogP contribution >= 0.6 is 0 Å². The maximum absolute atomic E-state index is 12.5. The summed E-state index contributed by atoms with van der Waals surface area (Å²) in [6, 6.07) is 9.72. The standard InChI is InChI=1S/C17H21N3O/c1-3-5-11-19-14-9-6-7-10-15(14)20-16(21)12-13(8-4-2)18-17(19)20/h6-7,9-10,12H,3-5,8,11H2,1-2H3. The highest BCUT2D eigenvalue weighted by Crippen LogP contribution is 2.19. The van der Waals surface area contributed by atoms with Crippen LogP contribution in [-0.2, 0) is 13.0 Å². The maximum atomic E-state index is 12.5. The molecule has 0 bridgehead atoms. The van der Waals surface area contributed by atoms with E-state index >= 15 is 0 Å². The van der Waals surface area contributed by atoms with Crippen LogP contribution in [0.1, 0.15) is 38.8 Å². The van der Waals surface area contributed by atoms with Gasteiger partial charge >= 0.3 is 0 Å². The Morgan fingerprint density at radius 2 is 1.86 bits per heavy atom. The Balaban J connectivity index is 2.35. The first-order valence-corrected chi connectivity index (χ1v) is 7.76. The van der Waals surface area contributed by atoms with Gasteiger partial charge in [0.05, 0.1) is 11.0 Å². The summed E-state index contributed by atoms with van der Waals surface area (Å²) in [4.78, 5) is 17.2. The quantitative estimate of drug-likeness (QED) is 0.720. The van der Waals surface area contributed by atoms with E-state index in [1.54, 1.807) is 10.5 Å². The second kappa shape index (κ2) is 5.72. The van der Waals surface area contributed by atoms with E-state index in [-0.39, 0.29) is 5.56 Å². The number of unbranched alkanes of at least 4 members (excludes halogenated alkanes) is 1. The maximum Gasteiger partial charge on any atom is 0.259 e. The molecule has 0 aliphatic rings. The third-order valence-electron chi connectivity index (χ3n) is 3.85. The summed E-state index contributed by atoms with van der Waals surface area (Å²) in [5.41, 5.74) is 2.95. The number of fused-ring (bicyclic) bond motifs is 3. The van der Waals surface area contributed by atoms with E-state index in [1.807, 2.05) is 18.2 Å². The van der Waals surface area contributed by atoms with Gasteiger partial charge < -0.3 is 4.57 Å². The largest absolute Gasteiger partial charge is 0.310 e. The number of nitrogens with zero attached hydrogens (tertiary/aromatic N) is 3. The molecule has 0 aliphatic carbocycles. The molecule has 1 aromatic carbocycles. The molecule has 4 heteroatoms. The lowest BCUT2D eigenvalue weighted by Gasteiger charge is -2.05. The number of hydrogen-bond donors (Lipinski definition) is 0. The summed E-state index contributed by atoms with van der Waals surface area (Å²) in [5, 5.41) is 0. The number of para-hydroxylation sites is 2. The minimum absolute atomic E-state index is 0.0231. The third-order valence-corrected chi connectivity index (χ3v) is 3.85. The van der Waals surface area contributed by atoms with Gasteiger partial charge in [-0.05, 0) is 25.0 Å². The van der Waals surface area contributed by atoms with E-state index in [0.717, 1.165) is 54.7 Å². The zero-order chi connectivity index (χ0) is 14.8. The first kappa shape index (κ1) is 13.9. The van der Waals surface area contributed by atoms with Gasteiger partial charge in [0.1, 0.15) is 0 Å². The zero-order valence-corrected chi connectivity index (χ0v) is 12.7. The first-order valence-electron chi connectivity index (χ1n) is 7.76. The van der Waals surface area contributed by atoms with Crippen molar-refractivity contribution >= 4 is 16.8 Å². The molecule has 2 aromatic heterocycles. The number of aryl methyl sites for hydroxylation is 2. The molecule has 2 heterocycles. The van der Waals surface area contributed by atoms with E-state index in [9.17, 15) is 4.79 Å². The predicted octanol–water partition coefficient (Wildman–Crippen LogP) is 3.40. The van der Waals surface area contributed by atoms with E-state index < -0.39 is 0 Å². The van der Waals surface area contributed by atoms with Crippen molar-refractivity contribution in [1.29, 1.82) is 0 Å². The number of aromatic nitrogens is 3. The van der Waals surface area contributed by atoms with Crippen LogP contribution in [0.15, 0.2) is 35.1 Å². The number of imidazole rings is 1. The molecule has 21 heavy (non-hydrogen) atoms. The molecule has 3 aromatic rings. The van der Waals surface area contributed by atoms with Crippen LogP contribution in [0.5, 0.6) is 0 Å². The summed E-state index contributed by atoms with van der Waals surface area (Å²) >= 11 is 0. The van der Waals surface area contributed by atoms with Gasteiger partial charge in [0, 0.05) is 18.3 Å². The molecular weight excluding hydrogens is 262 g/mol. The summed E-state index contributed by atoms with van der Waals surface area (Å²) in [6.07, 6.45) is 4.05. The SMILES string of the molecule is CCCCn1c2ccccc2n2c(=O)cc(CCC)nc12. The first-order chi connectivity index (χ1) is 10.3. The Bertz CT molecular complexity index is 829. The second-order valence-corrected chi connectivity index (χ2v) is 5.47. The minimum Gasteiger partial charge on any atom is -0.310 e. The number of rotatable bonds is 5. The fraction of sp³-hybridized carbons (Fsp3) is 0.412. The van der Waals surface area contributed by atoms with Crippen molar-refractivity contribution in [2.24, 2.45) is 0 Å². The molecule has 0 spiro atoms. The summed E-state index contributed by atoms with van der Waals surface area (Å²) in [5.74, 6) is 0.778. The van der Waals surface area contributed by atoms with E-state index in [2.05, 4.69) is 24.5 Å². The highest BCUT2D eigenvalue weighted by molar-refractivity contribution is 5.80. The Labute approximate surface area is 124 Å². The molecule has 0 atom stereocenters. The monoisotopic (exact) mass is 283 g/mol. The van der Waals surface area contributed by atoms with Crippen molar-refractivity contribution in [2.45, 2.75) is 46.1 Å². The van der Waals surface area contributed by atoms with Crippen molar-refractivity contribution in [3.63, 3.8) is 0 Å². The highest BCUT2D eigenvalue weighted by atomic mass is 16.1. The predicted molar refractivity (Wildman–Crippen MR) is 85.9 cm³/mol. The molecule has 0 radical (unpaired) electrons. The molecule has 0 amide bonds. The molecular formula is C17H21N3O. The summed E-state index contributed by atoms with van der Waals surface area (Å²) in [7, 11) is 0. The molecule has 0 saturated heterocycles. The van der Waals surface area contributed by atoms with Gasteiger partial charge in [0.15, 0.2) is 0 Å². The van der Waals surface area contributed by atoms with Crippen LogP contribution in [0.25, 0.3) is 16.8 Å². The normalized spacial score (nSPS) is 11.5. The van der Waals surface area contributed by atoms with E-state index in [1.165, 1.54) is 0 Å². The third kappa shape index (κ3) is 2.35. The van der Waals surface area contributed by atoms with Gasteiger partial charge in [0.25, 0.3) is 5.56 Å². The van der Waals surface area contributed by atoms with Gasteiger partial charge in [-0.15, -0.1) is 0 Å². The molecule has 4 nitrogen and oxygen atoms in total.